The van der Waals surface area contributed by atoms with Gasteiger partial charge in [0.25, 0.3) is 5.91 Å². The van der Waals surface area contributed by atoms with Crippen LogP contribution in [0, 0.1) is 0 Å². The van der Waals surface area contributed by atoms with E-state index in [1.165, 1.54) is 23.6 Å². The number of amides is 1. The molecule has 0 aromatic carbocycles. The number of anilines is 1. The third-order valence-electron chi connectivity index (χ3n) is 3.85. The van der Waals surface area contributed by atoms with Crippen molar-refractivity contribution in [3.63, 3.8) is 0 Å². The first kappa shape index (κ1) is 20.8. The first-order valence-electron chi connectivity index (χ1n) is 7.98. The van der Waals surface area contributed by atoms with E-state index in [9.17, 15) is 13.2 Å². The number of carbonyl (C=O) groups is 1. The molecule has 0 fully saturated rings. The number of rotatable bonds is 7. The molecular formula is C16H20ClN5O4S. The molecule has 0 aliphatic carbocycles. The molecule has 9 nitrogen and oxygen atoms in total. The van der Waals surface area contributed by atoms with Gasteiger partial charge in [0.05, 0.1) is 18.1 Å². The van der Waals surface area contributed by atoms with Crippen LogP contribution in [0.25, 0.3) is 5.69 Å². The van der Waals surface area contributed by atoms with Crippen molar-refractivity contribution in [2.75, 3.05) is 24.8 Å². The molecule has 0 aliphatic rings. The molecule has 0 N–H and O–H groups in total. The van der Waals surface area contributed by atoms with Crippen molar-refractivity contribution < 1.29 is 18.0 Å². The standard InChI is InChI=1S/C16H20ClN5O4S/c1-5-21(16(23)14(20-26-3)11(2)27(4,24)25)13-10-22(19-15(13)17)12-7-6-8-18-9-12/h6-11H,5H2,1-4H3/b20-14+. The highest BCUT2D eigenvalue weighted by molar-refractivity contribution is 7.92. The number of sulfone groups is 1. The third kappa shape index (κ3) is 4.64. The lowest BCUT2D eigenvalue weighted by atomic mass is 10.2. The van der Waals surface area contributed by atoms with Gasteiger partial charge in [-0.3, -0.25) is 9.78 Å². The van der Waals surface area contributed by atoms with Crippen LogP contribution in [0.3, 0.4) is 0 Å². The molecule has 0 saturated carbocycles. The largest absolute Gasteiger partial charge is 0.399 e. The van der Waals surface area contributed by atoms with Gasteiger partial charge >= 0.3 is 0 Å². The van der Waals surface area contributed by atoms with E-state index in [1.54, 1.807) is 37.6 Å². The SMILES string of the molecule is CCN(C(=O)/C(=N/OC)C(C)S(C)(=O)=O)c1cn(-c2cccnc2)nc1Cl. The molecule has 2 rings (SSSR count). The molecule has 1 amide bonds. The molecule has 0 saturated heterocycles. The first-order valence-corrected chi connectivity index (χ1v) is 10.3. The van der Waals surface area contributed by atoms with E-state index in [1.807, 2.05) is 0 Å². The average Bonchev–Trinajstić information content (AvgIpc) is 3.01. The van der Waals surface area contributed by atoms with E-state index >= 15 is 0 Å². The van der Waals surface area contributed by atoms with Gasteiger partial charge in [-0.05, 0) is 26.0 Å². The summed E-state index contributed by atoms with van der Waals surface area (Å²) in [7, 11) is -2.32. The molecule has 11 heteroatoms. The summed E-state index contributed by atoms with van der Waals surface area (Å²) in [4.78, 5) is 23.0. The van der Waals surface area contributed by atoms with Gasteiger partial charge in [0, 0.05) is 19.0 Å². The Morgan fingerprint density at radius 1 is 1.48 bits per heavy atom. The summed E-state index contributed by atoms with van der Waals surface area (Å²) in [6.45, 7) is 3.32. The molecule has 2 aromatic heterocycles. The van der Waals surface area contributed by atoms with Crippen LogP contribution in [-0.2, 0) is 19.5 Å². The molecule has 27 heavy (non-hydrogen) atoms. The Morgan fingerprint density at radius 3 is 2.70 bits per heavy atom. The van der Waals surface area contributed by atoms with E-state index in [4.69, 9.17) is 16.4 Å². The fraction of sp³-hybridized carbons (Fsp3) is 0.375. The Labute approximate surface area is 162 Å². The minimum absolute atomic E-state index is 0.0813. The summed E-state index contributed by atoms with van der Waals surface area (Å²) >= 11 is 6.23. The first-order chi connectivity index (χ1) is 12.7. The Kier molecular flexibility index (Phi) is 6.55. The lowest BCUT2D eigenvalue weighted by molar-refractivity contribution is -0.112. The van der Waals surface area contributed by atoms with Crippen molar-refractivity contribution in [1.82, 2.24) is 14.8 Å². The molecule has 0 radical (unpaired) electrons. The van der Waals surface area contributed by atoms with Crippen molar-refractivity contribution >= 4 is 38.7 Å². The Hall–Kier alpha value is -2.46. The van der Waals surface area contributed by atoms with Crippen LogP contribution in [0.4, 0.5) is 5.69 Å². The van der Waals surface area contributed by atoms with Crippen molar-refractivity contribution in [1.29, 1.82) is 0 Å². The summed E-state index contributed by atoms with van der Waals surface area (Å²) < 4.78 is 25.3. The van der Waals surface area contributed by atoms with Crippen molar-refractivity contribution in [3.8, 4) is 5.69 Å². The van der Waals surface area contributed by atoms with Gasteiger partial charge in [0.15, 0.2) is 20.7 Å². The fourth-order valence-corrected chi connectivity index (χ4v) is 3.08. The van der Waals surface area contributed by atoms with Gasteiger partial charge in [0.1, 0.15) is 18.0 Å². The van der Waals surface area contributed by atoms with Crippen molar-refractivity contribution in [3.05, 3.63) is 35.9 Å². The number of pyridine rings is 1. The zero-order valence-electron chi connectivity index (χ0n) is 15.3. The predicted molar refractivity (Wildman–Crippen MR) is 103 cm³/mol. The van der Waals surface area contributed by atoms with E-state index in [0.29, 0.717) is 11.4 Å². The number of halogens is 1. The molecule has 0 aliphatic heterocycles. The molecule has 0 spiro atoms. The summed E-state index contributed by atoms with van der Waals surface area (Å²) in [5, 5.41) is 6.77. The van der Waals surface area contributed by atoms with Gasteiger partial charge in [-0.25, -0.2) is 13.1 Å². The van der Waals surface area contributed by atoms with Crippen LogP contribution in [-0.4, -0.2) is 60.0 Å². The molecule has 0 bridgehead atoms. The fourth-order valence-electron chi connectivity index (χ4n) is 2.30. The van der Waals surface area contributed by atoms with E-state index < -0.39 is 21.0 Å². The summed E-state index contributed by atoms with van der Waals surface area (Å²) in [5.41, 5.74) is 0.731. The highest BCUT2D eigenvalue weighted by Gasteiger charge is 2.33. The third-order valence-corrected chi connectivity index (χ3v) is 5.63. The molecule has 2 heterocycles. The normalized spacial score (nSPS) is 13.3. The molecule has 1 atom stereocenters. The van der Waals surface area contributed by atoms with Crippen LogP contribution in [0.2, 0.25) is 5.15 Å². The molecule has 1 unspecified atom stereocenters. The lowest BCUT2D eigenvalue weighted by Gasteiger charge is -2.22. The van der Waals surface area contributed by atoms with Gasteiger partial charge in [-0.1, -0.05) is 16.8 Å². The van der Waals surface area contributed by atoms with Crippen LogP contribution in [0.15, 0.2) is 35.9 Å². The summed E-state index contributed by atoms with van der Waals surface area (Å²) in [5.74, 6) is -0.634. The predicted octanol–water partition coefficient (Wildman–Crippen LogP) is 1.71. The number of hydrogen-bond acceptors (Lipinski definition) is 7. The maximum absolute atomic E-state index is 13.0. The second-order valence-electron chi connectivity index (χ2n) is 5.64. The molecular weight excluding hydrogens is 394 g/mol. The van der Waals surface area contributed by atoms with Gasteiger partial charge in [-0.15, -0.1) is 0 Å². The number of aromatic nitrogens is 3. The lowest BCUT2D eigenvalue weighted by Crippen LogP contribution is -2.43. The Balaban J connectivity index is 2.45. The van der Waals surface area contributed by atoms with Crippen LogP contribution < -0.4 is 4.90 Å². The van der Waals surface area contributed by atoms with Crippen molar-refractivity contribution in [2.24, 2.45) is 5.16 Å². The van der Waals surface area contributed by atoms with Gasteiger partial charge in [0.2, 0.25) is 0 Å². The average molecular weight is 414 g/mol. The second-order valence-corrected chi connectivity index (χ2v) is 8.37. The Morgan fingerprint density at radius 2 is 2.19 bits per heavy atom. The summed E-state index contributed by atoms with van der Waals surface area (Å²) in [6.07, 6.45) is 5.81. The minimum Gasteiger partial charge on any atom is -0.399 e. The van der Waals surface area contributed by atoms with Crippen LogP contribution in [0.5, 0.6) is 0 Å². The monoisotopic (exact) mass is 413 g/mol. The van der Waals surface area contributed by atoms with E-state index in [-0.39, 0.29) is 17.4 Å². The van der Waals surface area contributed by atoms with Gasteiger partial charge in [-0.2, -0.15) is 5.10 Å². The van der Waals surface area contributed by atoms with Crippen LogP contribution in [0.1, 0.15) is 13.8 Å². The van der Waals surface area contributed by atoms with Gasteiger partial charge < -0.3 is 9.74 Å². The zero-order valence-corrected chi connectivity index (χ0v) is 16.9. The highest BCUT2D eigenvalue weighted by atomic mass is 35.5. The second kappa shape index (κ2) is 8.49. The minimum atomic E-state index is -3.56. The highest BCUT2D eigenvalue weighted by Crippen LogP contribution is 2.26. The van der Waals surface area contributed by atoms with E-state index in [2.05, 4.69) is 15.2 Å². The molecule has 146 valence electrons. The zero-order chi connectivity index (χ0) is 20.2. The van der Waals surface area contributed by atoms with E-state index in [0.717, 1.165) is 6.26 Å². The number of carbonyl (C=O) groups excluding carboxylic acids is 1. The van der Waals surface area contributed by atoms with Crippen molar-refractivity contribution in [2.45, 2.75) is 19.1 Å². The van der Waals surface area contributed by atoms with Crippen LogP contribution >= 0.6 is 11.6 Å². The Bertz CT molecular complexity index is 943. The number of hydrogen-bond donors (Lipinski definition) is 0. The smallest absolute Gasteiger partial charge is 0.277 e. The number of nitrogens with zero attached hydrogens (tertiary/aromatic N) is 5. The topological polar surface area (TPSA) is 107 Å². The quantitative estimate of drug-likeness (QED) is 0.505. The summed E-state index contributed by atoms with van der Waals surface area (Å²) in [6, 6.07) is 3.52. The number of oxime groups is 1. The maximum atomic E-state index is 13.0. The molecule has 2 aromatic rings. The maximum Gasteiger partial charge on any atom is 0.277 e.